The van der Waals surface area contributed by atoms with Gasteiger partial charge in [-0.1, -0.05) is 43.2 Å². The number of hydrogen-bond acceptors (Lipinski definition) is 3. The minimum atomic E-state index is -0.425. The molecular weight excluding hydrogens is 401 g/mol. The predicted octanol–water partition coefficient (Wildman–Crippen LogP) is 4.05. The maximum atomic E-state index is 12.4. The third kappa shape index (κ3) is 4.54. The summed E-state index contributed by atoms with van der Waals surface area (Å²) in [6.45, 7) is 6.60. The quantitative estimate of drug-likeness (QED) is 0.709. The molecule has 1 saturated heterocycles. The number of aliphatic hydroxyl groups excluding tert-OH is 1. The number of benzene rings is 2. The van der Waals surface area contributed by atoms with Crippen LogP contribution in [0.4, 0.5) is 11.4 Å². The zero-order chi connectivity index (χ0) is 17.8. The van der Waals surface area contributed by atoms with E-state index in [1.807, 2.05) is 53.5 Å². The van der Waals surface area contributed by atoms with Crippen molar-refractivity contribution in [1.82, 2.24) is 0 Å². The molecule has 4 nitrogen and oxygen atoms in total. The molecule has 0 aromatic heterocycles. The topological polar surface area (TPSA) is 43.8 Å². The van der Waals surface area contributed by atoms with E-state index in [2.05, 4.69) is 13.8 Å². The fraction of sp³-hybridized carbons (Fsp3) is 0.333. The largest absolute Gasteiger partial charge is 0.388 e. The molecule has 5 heteroatoms. The smallest absolute Gasteiger partial charge is 0.247 e. The first kappa shape index (κ1) is 21.1. The van der Waals surface area contributed by atoms with E-state index < -0.39 is 6.10 Å². The number of aliphatic hydroxyl groups is 1. The second-order valence-electron chi connectivity index (χ2n) is 6.39. The maximum Gasteiger partial charge on any atom is 0.247 e. The summed E-state index contributed by atoms with van der Waals surface area (Å²) in [7, 11) is 0. The number of anilines is 2. The normalized spacial score (nSPS) is 15.1. The zero-order valence-corrected chi connectivity index (χ0v) is 18.1. The molecule has 1 aliphatic heterocycles. The van der Waals surface area contributed by atoms with Gasteiger partial charge in [0.1, 0.15) is 0 Å². The van der Waals surface area contributed by atoms with Gasteiger partial charge >= 0.3 is 0 Å². The summed E-state index contributed by atoms with van der Waals surface area (Å²) >= 11 is 0. The Bertz CT molecular complexity index is 716. The number of amides is 1. The van der Waals surface area contributed by atoms with Crippen LogP contribution in [0.1, 0.15) is 43.4 Å². The first-order valence-corrected chi connectivity index (χ1v) is 8.90. The molecule has 1 N–H and O–H groups in total. The van der Waals surface area contributed by atoms with Crippen molar-refractivity contribution in [3.63, 3.8) is 0 Å². The number of rotatable bonds is 6. The molecule has 0 aliphatic carbocycles. The molecule has 2 aromatic carbocycles. The molecule has 2 aromatic rings. The molecule has 3 rings (SSSR count). The zero-order valence-electron chi connectivity index (χ0n) is 15.3. The van der Waals surface area contributed by atoms with Gasteiger partial charge in [0.15, 0.2) is 0 Å². The van der Waals surface area contributed by atoms with E-state index in [-0.39, 0.29) is 38.6 Å². The van der Waals surface area contributed by atoms with Crippen LogP contribution in [0.2, 0.25) is 0 Å². The summed E-state index contributed by atoms with van der Waals surface area (Å²) < 4.78 is 0. The molecule has 1 unspecified atom stereocenters. The SMILES string of the molecule is [CH2-]Cc1ccc(N2C(=O)CCN2c2ccc(C(O)CCC)cc2)cc1.[Y]. The molecule has 1 atom stereocenters. The fourth-order valence-corrected chi connectivity index (χ4v) is 3.18. The van der Waals surface area contributed by atoms with Crippen LogP contribution in [0.5, 0.6) is 0 Å². The van der Waals surface area contributed by atoms with Crippen molar-refractivity contribution >= 4 is 17.3 Å². The van der Waals surface area contributed by atoms with Crippen LogP contribution in [0, 0.1) is 6.92 Å². The minimum Gasteiger partial charge on any atom is -0.388 e. The van der Waals surface area contributed by atoms with Gasteiger partial charge in [-0.25, -0.2) is 5.01 Å². The fourth-order valence-electron chi connectivity index (χ4n) is 3.18. The Morgan fingerprint density at radius 3 is 2.27 bits per heavy atom. The van der Waals surface area contributed by atoms with Crippen molar-refractivity contribution in [2.75, 3.05) is 16.6 Å². The van der Waals surface area contributed by atoms with E-state index in [1.165, 1.54) is 0 Å². The molecule has 26 heavy (non-hydrogen) atoms. The van der Waals surface area contributed by atoms with E-state index in [4.69, 9.17) is 0 Å². The molecular formula is C21H25N2O2Y-. The van der Waals surface area contributed by atoms with Crippen LogP contribution in [-0.2, 0) is 43.9 Å². The van der Waals surface area contributed by atoms with Crippen molar-refractivity contribution in [2.45, 2.75) is 38.7 Å². The Kier molecular flexibility index (Phi) is 7.81. The van der Waals surface area contributed by atoms with E-state index in [9.17, 15) is 9.90 Å². The van der Waals surface area contributed by atoms with Gasteiger partial charge < -0.3 is 12.0 Å². The van der Waals surface area contributed by atoms with Gasteiger partial charge in [-0.3, -0.25) is 9.80 Å². The van der Waals surface area contributed by atoms with E-state index in [0.29, 0.717) is 13.0 Å². The van der Waals surface area contributed by atoms with E-state index in [0.717, 1.165) is 41.8 Å². The summed E-state index contributed by atoms with van der Waals surface area (Å²) in [5.41, 5.74) is 3.90. The van der Waals surface area contributed by atoms with E-state index in [1.54, 1.807) is 5.01 Å². The second kappa shape index (κ2) is 9.63. The molecule has 0 spiro atoms. The molecule has 1 heterocycles. The van der Waals surface area contributed by atoms with Crippen molar-refractivity contribution in [3.8, 4) is 0 Å². The third-order valence-electron chi connectivity index (χ3n) is 4.62. The summed E-state index contributed by atoms with van der Waals surface area (Å²) in [5.74, 6) is 0.0949. The number of nitrogens with zero attached hydrogens (tertiary/aromatic N) is 2. The average molecular weight is 426 g/mol. The first-order valence-electron chi connectivity index (χ1n) is 8.90. The van der Waals surface area contributed by atoms with Crippen molar-refractivity contribution in [1.29, 1.82) is 0 Å². The predicted molar refractivity (Wildman–Crippen MR) is 101 cm³/mol. The van der Waals surface area contributed by atoms with Crippen LogP contribution < -0.4 is 10.0 Å². The standard InChI is InChI=1S/C21H25N2O2.Y/c1-3-5-20(24)17-8-12-18(13-9-17)22-15-14-21(25)23(22)19-10-6-16(4-2)7-11-19;/h6-13,20,24H,2-5,14-15H2,1H3;/q-1;. The summed E-state index contributed by atoms with van der Waals surface area (Å²) in [4.78, 5) is 12.4. The second-order valence-corrected chi connectivity index (χ2v) is 6.39. The van der Waals surface area contributed by atoms with Gasteiger partial charge in [0, 0.05) is 45.7 Å². The first-order chi connectivity index (χ1) is 12.1. The van der Waals surface area contributed by atoms with Gasteiger partial charge in [-0.2, -0.15) is 6.42 Å². The van der Waals surface area contributed by atoms with Gasteiger partial charge in [0.05, 0.1) is 17.5 Å². The summed E-state index contributed by atoms with van der Waals surface area (Å²) in [6.07, 6.45) is 2.51. The van der Waals surface area contributed by atoms with Crippen LogP contribution in [-0.4, -0.2) is 17.6 Å². The molecule has 1 aliphatic rings. The van der Waals surface area contributed by atoms with Crippen molar-refractivity contribution in [3.05, 3.63) is 66.6 Å². The third-order valence-corrected chi connectivity index (χ3v) is 4.62. The van der Waals surface area contributed by atoms with Gasteiger partial charge in [0.25, 0.3) is 0 Å². The number of hydrogen-bond donors (Lipinski definition) is 1. The molecule has 135 valence electrons. The van der Waals surface area contributed by atoms with Gasteiger partial charge in [-0.15, -0.1) is 0 Å². The Labute approximate surface area is 181 Å². The monoisotopic (exact) mass is 426 g/mol. The Morgan fingerprint density at radius 1 is 1.08 bits per heavy atom. The molecule has 0 bridgehead atoms. The Balaban J connectivity index is 0.00000243. The van der Waals surface area contributed by atoms with E-state index >= 15 is 0 Å². The maximum absolute atomic E-state index is 12.4. The van der Waals surface area contributed by atoms with Crippen molar-refractivity contribution < 1.29 is 42.6 Å². The molecule has 1 fully saturated rings. The number of hydrazine groups is 1. The van der Waals surface area contributed by atoms with Crippen LogP contribution >= 0.6 is 0 Å². The van der Waals surface area contributed by atoms with Gasteiger partial charge in [0.2, 0.25) is 5.91 Å². The Morgan fingerprint density at radius 2 is 1.69 bits per heavy atom. The summed E-state index contributed by atoms with van der Waals surface area (Å²) in [6, 6.07) is 15.8. The molecule has 0 saturated carbocycles. The molecule has 1 radical (unpaired) electrons. The minimum absolute atomic E-state index is 0. The summed E-state index contributed by atoms with van der Waals surface area (Å²) in [5, 5.41) is 13.9. The van der Waals surface area contributed by atoms with Gasteiger partial charge in [-0.05, 0) is 36.2 Å². The van der Waals surface area contributed by atoms with Crippen molar-refractivity contribution in [2.24, 2.45) is 0 Å². The van der Waals surface area contributed by atoms with Crippen LogP contribution in [0.15, 0.2) is 48.5 Å². The Hall–Kier alpha value is -1.23. The number of carbonyl (C=O) groups excluding carboxylic acids is 1. The average Bonchev–Trinajstić information content (AvgIpc) is 3.03. The van der Waals surface area contributed by atoms with Crippen LogP contribution in [0.25, 0.3) is 0 Å². The number of carbonyl (C=O) groups is 1. The van der Waals surface area contributed by atoms with Crippen LogP contribution in [0.3, 0.4) is 0 Å². The molecule has 1 amide bonds.